The fraction of sp³-hybridized carbons (Fsp3) is 0.400. The number of hydrogen-bond donors (Lipinski definition) is 1. The quantitative estimate of drug-likeness (QED) is 0.909. The van der Waals surface area contributed by atoms with E-state index in [1.807, 2.05) is 30.1 Å². The Labute approximate surface area is 113 Å². The van der Waals surface area contributed by atoms with Gasteiger partial charge in [-0.2, -0.15) is 5.10 Å². The van der Waals surface area contributed by atoms with Crippen LogP contribution < -0.4 is 10.1 Å². The monoisotopic (exact) mass is 257 g/mol. The van der Waals surface area contributed by atoms with Crippen molar-refractivity contribution in [2.45, 2.75) is 32.5 Å². The summed E-state index contributed by atoms with van der Waals surface area (Å²) < 4.78 is 8.00. The third kappa shape index (κ3) is 2.36. The molecule has 100 valence electrons. The highest BCUT2D eigenvalue weighted by Gasteiger charge is 2.23. The summed E-state index contributed by atoms with van der Waals surface area (Å²) in [7, 11) is 1.95. The first-order valence-electron chi connectivity index (χ1n) is 6.68. The van der Waals surface area contributed by atoms with E-state index in [1.165, 1.54) is 16.8 Å². The van der Waals surface area contributed by atoms with Crippen LogP contribution in [0.25, 0.3) is 0 Å². The molecular formula is C15H19N3O. The van der Waals surface area contributed by atoms with Crippen molar-refractivity contribution >= 4 is 0 Å². The van der Waals surface area contributed by atoms with Gasteiger partial charge in [0.25, 0.3) is 0 Å². The van der Waals surface area contributed by atoms with Crippen molar-refractivity contribution < 1.29 is 4.74 Å². The van der Waals surface area contributed by atoms with E-state index in [2.05, 4.69) is 29.5 Å². The Balaban J connectivity index is 1.71. The Kier molecular flexibility index (Phi) is 3.25. The lowest BCUT2D eigenvalue weighted by Gasteiger charge is -2.12. The van der Waals surface area contributed by atoms with E-state index in [9.17, 15) is 0 Å². The Morgan fingerprint density at radius 2 is 2.26 bits per heavy atom. The molecule has 2 aromatic rings. The van der Waals surface area contributed by atoms with E-state index >= 15 is 0 Å². The van der Waals surface area contributed by atoms with E-state index in [4.69, 9.17) is 4.74 Å². The van der Waals surface area contributed by atoms with Gasteiger partial charge in [0, 0.05) is 24.2 Å². The minimum Gasteiger partial charge on any atom is -0.488 e. The highest BCUT2D eigenvalue weighted by Crippen LogP contribution is 2.28. The van der Waals surface area contributed by atoms with Crippen LogP contribution in [0.5, 0.6) is 5.75 Å². The molecule has 1 unspecified atom stereocenters. The molecule has 3 rings (SSSR count). The van der Waals surface area contributed by atoms with Gasteiger partial charge in [-0.25, -0.2) is 0 Å². The summed E-state index contributed by atoms with van der Waals surface area (Å²) in [6.45, 7) is 3.78. The molecular weight excluding hydrogens is 238 g/mol. The van der Waals surface area contributed by atoms with Gasteiger partial charge in [0.1, 0.15) is 11.9 Å². The molecule has 4 nitrogen and oxygen atoms in total. The first-order valence-corrected chi connectivity index (χ1v) is 6.68. The molecule has 19 heavy (non-hydrogen) atoms. The van der Waals surface area contributed by atoms with Crippen LogP contribution >= 0.6 is 0 Å². The number of nitrogens with one attached hydrogen (secondary N) is 1. The van der Waals surface area contributed by atoms with Crippen LogP contribution in [0.4, 0.5) is 0 Å². The molecule has 4 heteroatoms. The number of aromatic nitrogens is 2. The average molecular weight is 257 g/mol. The maximum absolute atomic E-state index is 5.96. The fourth-order valence-corrected chi connectivity index (χ4v) is 2.58. The van der Waals surface area contributed by atoms with Crippen molar-refractivity contribution in [3.8, 4) is 5.75 Å². The second kappa shape index (κ2) is 5.05. The number of ether oxygens (including phenoxy) is 1. The van der Waals surface area contributed by atoms with E-state index in [0.717, 1.165) is 25.3 Å². The first-order chi connectivity index (χ1) is 9.28. The van der Waals surface area contributed by atoms with E-state index < -0.39 is 0 Å². The summed E-state index contributed by atoms with van der Waals surface area (Å²) in [5.41, 5.74) is 3.76. The van der Waals surface area contributed by atoms with Crippen molar-refractivity contribution in [1.29, 1.82) is 0 Å². The summed E-state index contributed by atoms with van der Waals surface area (Å²) in [6.07, 6.45) is 3.10. The third-order valence-corrected chi connectivity index (χ3v) is 3.66. The fourth-order valence-electron chi connectivity index (χ4n) is 2.58. The molecule has 0 fully saturated rings. The highest BCUT2D eigenvalue weighted by atomic mass is 16.5. The van der Waals surface area contributed by atoms with Gasteiger partial charge in [0.2, 0.25) is 0 Å². The van der Waals surface area contributed by atoms with Crippen molar-refractivity contribution in [3.05, 3.63) is 47.3 Å². The van der Waals surface area contributed by atoms with Crippen molar-refractivity contribution in [2.75, 3.05) is 7.05 Å². The molecule has 1 aliphatic heterocycles. The normalized spacial score (nSPS) is 17.3. The number of para-hydroxylation sites is 1. The molecule has 2 heterocycles. The van der Waals surface area contributed by atoms with E-state index in [-0.39, 0.29) is 6.10 Å². The van der Waals surface area contributed by atoms with Crippen LogP contribution in [-0.2, 0) is 19.5 Å². The van der Waals surface area contributed by atoms with Crippen LogP contribution in [0.3, 0.4) is 0 Å². The maximum Gasteiger partial charge on any atom is 0.123 e. The molecule has 1 aromatic carbocycles. The van der Waals surface area contributed by atoms with Gasteiger partial charge < -0.3 is 10.1 Å². The molecule has 1 aliphatic rings. The summed E-state index contributed by atoms with van der Waals surface area (Å²) >= 11 is 0. The maximum atomic E-state index is 5.96. The number of hydrogen-bond acceptors (Lipinski definition) is 3. The van der Waals surface area contributed by atoms with Crippen molar-refractivity contribution in [1.82, 2.24) is 15.1 Å². The lowest BCUT2D eigenvalue weighted by molar-refractivity contribution is 0.202. The number of rotatable bonds is 4. The Bertz CT molecular complexity index is 552. The van der Waals surface area contributed by atoms with Gasteiger partial charge >= 0.3 is 0 Å². The van der Waals surface area contributed by atoms with Crippen LogP contribution in [0.1, 0.15) is 16.8 Å². The molecule has 0 aliphatic carbocycles. The van der Waals surface area contributed by atoms with Crippen LogP contribution in [0.2, 0.25) is 0 Å². The molecule has 0 amide bonds. The lowest BCUT2D eigenvalue weighted by atomic mass is 10.1. The summed E-state index contributed by atoms with van der Waals surface area (Å²) in [5, 5.41) is 7.62. The molecule has 0 radical (unpaired) electrons. The van der Waals surface area contributed by atoms with Crippen molar-refractivity contribution in [2.24, 2.45) is 0 Å². The van der Waals surface area contributed by atoms with Gasteiger partial charge in [0.05, 0.1) is 12.7 Å². The Morgan fingerprint density at radius 3 is 3.05 bits per heavy atom. The third-order valence-electron chi connectivity index (χ3n) is 3.66. The molecule has 1 N–H and O–H groups in total. The largest absolute Gasteiger partial charge is 0.488 e. The van der Waals surface area contributed by atoms with Gasteiger partial charge in [-0.15, -0.1) is 0 Å². The molecule has 0 bridgehead atoms. The molecule has 0 spiro atoms. The number of fused-ring (bicyclic) bond motifs is 1. The lowest BCUT2D eigenvalue weighted by Crippen LogP contribution is -2.22. The number of benzene rings is 1. The van der Waals surface area contributed by atoms with Gasteiger partial charge in [-0.3, -0.25) is 4.68 Å². The summed E-state index contributed by atoms with van der Waals surface area (Å²) in [5.74, 6) is 1.02. The Morgan fingerprint density at radius 1 is 1.42 bits per heavy atom. The minimum atomic E-state index is 0.193. The standard InChI is InChI=1S/C15H19N3O/c1-11-13(8-16-2)9-17-18(11)10-14-7-12-5-3-4-6-15(12)19-14/h3-6,9,14,16H,7-8,10H2,1-2H3. The second-order valence-electron chi connectivity index (χ2n) is 5.02. The smallest absolute Gasteiger partial charge is 0.123 e. The van der Waals surface area contributed by atoms with Gasteiger partial charge in [-0.1, -0.05) is 18.2 Å². The van der Waals surface area contributed by atoms with Crippen molar-refractivity contribution in [3.63, 3.8) is 0 Å². The average Bonchev–Trinajstić information content (AvgIpc) is 2.96. The van der Waals surface area contributed by atoms with Crippen LogP contribution in [0, 0.1) is 6.92 Å². The van der Waals surface area contributed by atoms with Gasteiger partial charge in [0.15, 0.2) is 0 Å². The predicted octanol–water partition coefficient (Wildman–Crippen LogP) is 1.91. The van der Waals surface area contributed by atoms with E-state index in [1.54, 1.807) is 0 Å². The molecule has 1 aromatic heterocycles. The molecule has 0 saturated heterocycles. The SMILES string of the molecule is CNCc1cnn(CC2Cc3ccccc3O2)c1C. The zero-order chi connectivity index (χ0) is 13.2. The minimum absolute atomic E-state index is 0.193. The summed E-state index contributed by atoms with van der Waals surface area (Å²) in [6, 6.07) is 8.26. The Hall–Kier alpha value is -1.81. The highest BCUT2D eigenvalue weighted by molar-refractivity contribution is 5.37. The zero-order valence-electron chi connectivity index (χ0n) is 11.4. The number of nitrogens with zero attached hydrogens (tertiary/aromatic N) is 2. The first kappa shape index (κ1) is 12.2. The molecule has 0 saturated carbocycles. The summed E-state index contributed by atoms with van der Waals surface area (Å²) in [4.78, 5) is 0. The van der Waals surface area contributed by atoms with E-state index in [0.29, 0.717) is 0 Å². The second-order valence-corrected chi connectivity index (χ2v) is 5.02. The zero-order valence-corrected chi connectivity index (χ0v) is 11.4. The van der Waals surface area contributed by atoms with Gasteiger partial charge in [-0.05, 0) is 25.6 Å². The predicted molar refractivity (Wildman–Crippen MR) is 74.3 cm³/mol. The molecule has 1 atom stereocenters. The topological polar surface area (TPSA) is 39.1 Å². The van der Waals surface area contributed by atoms with Crippen LogP contribution in [0.15, 0.2) is 30.5 Å². The van der Waals surface area contributed by atoms with Crippen LogP contribution in [-0.4, -0.2) is 22.9 Å².